The molecule has 0 amide bonds. The van der Waals surface area contributed by atoms with Gasteiger partial charge in [-0.05, 0) is 27.7 Å². The Balaban J connectivity index is 1.75. The molecule has 18 heavy (non-hydrogen) atoms. The molecule has 3 unspecified atom stereocenters. The highest BCUT2D eigenvalue weighted by molar-refractivity contribution is 4.99. The van der Waals surface area contributed by atoms with E-state index in [0.29, 0.717) is 6.61 Å². The number of fused-ring (bicyclic) bond motifs is 1. The Bertz CT molecular complexity index is 341. The van der Waals surface area contributed by atoms with Crippen LogP contribution in [0.15, 0.2) is 0 Å². The van der Waals surface area contributed by atoms with Gasteiger partial charge in [0.15, 0.2) is 17.9 Å². The van der Waals surface area contributed by atoms with Crippen molar-refractivity contribution in [2.75, 3.05) is 6.61 Å². The van der Waals surface area contributed by atoms with Crippen LogP contribution in [0.25, 0.3) is 0 Å². The second-order valence-corrected chi connectivity index (χ2v) is 5.92. The first kappa shape index (κ1) is 12.8. The van der Waals surface area contributed by atoms with Crippen LogP contribution in [0.1, 0.15) is 27.7 Å². The number of hydrogen-bond acceptors (Lipinski definition) is 6. The Hall–Kier alpha value is -0.240. The van der Waals surface area contributed by atoms with Crippen LogP contribution in [0, 0.1) is 0 Å². The number of hydrogen-bond donors (Lipinski definition) is 1. The molecular formula is C12H20O6. The highest BCUT2D eigenvalue weighted by Gasteiger charge is 2.58. The molecule has 0 radical (unpaired) electrons. The quantitative estimate of drug-likeness (QED) is 0.735. The Morgan fingerprint density at radius 2 is 1.56 bits per heavy atom. The van der Waals surface area contributed by atoms with E-state index in [1.807, 2.05) is 27.7 Å². The molecule has 0 spiro atoms. The lowest BCUT2D eigenvalue weighted by Gasteiger charge is -2.26. The molecule has 3 heterocycles. The van der Waals surface area contributed by atoms with Gasteiger partial charge in [0.25, 0.3) is 0 Å². The highest BCUT2D eigenvalue weighted by Crippen LogP contribution is 2.41. The van der Waals surface area contributed by atoms with E-state index in [2.05, 4.69) is 0 Å². The summed E-state index contributed by atoms with van der Waals surface area (Å²) in [6.45, 7) is 7.78. The predicted octanol–water partition coefficient (Wildman–Crippen LogP) is 0.375. The third kappa shape index (κ3) is 2.07. The van der Waals surface area contributed by atoms with Crippen LogP contribution in [0.5, 0.6) is 0 Å². The average molecular weight is 260 g/mol. The second-order valence-electron chi connectivity index (χ2n) is 5.92. The van der Waals surface area contributed by atoms with Crippen LogP contribution in [-0.2, 0) is 23.7 Å². The molecule has 0 bridgehead atoms. The fourth-order valence-corrected chi connectivity index (χ4v) is 2.78. The van der Waals surface area contributed by atoms with Crippen molar-refractivity contribution >= 4 is 0 Å². The zero-order chi connectivity index (χ0) is 13.1. The van der Waals surface area contributed by atoms with E-state index in [1.54, 1.807) is 0 Å². The van der Waals surface area contributed by atoms with Gasteiger partial charge in [-0.3, -0.25) is 0 Å². The van der Waals surface area contributed by atoms with Crippen LogP contribution in [0.2, 0.25) is 0 Å². The van der Waals surface area contributed by atoms with Crippen molar-refractivity contribution in [3.8, 4) is 0 Å². The van der Waals surface area contributed by atoms with Gasteiger partial charge in [0, 0.05) is 0 Å². The lowest BCUT2D eigenvalue weighted by molar-refractivity contribution is -0.236. The van der Waals surface area contributed by atoms with Crippen molar-refractivity contribution in [1.82, 2.24) is 0 Å². The monoisotopic (exact) mass is 260 g/mol. The first-order chi connectivity index (χ1) is 8.27. The van der Waals surface area contributed by atoms with E-state index in [4.69, 9.17) is 23.7 Å². The zero-order valence-electron chi connectivity index (χ0n) is 11.1. The molecule has 0 aromatic rings. The summed E-state index contributed by atoms with van der Waals surface area (Å²) in [5.41, 5.74) is 0. The van der Waals surface area contributed by atoms with Crippen LogP contribution < -0.4 is 0 Å². The summed E-state index contributed by atoms with van der Waals surface area (Å²) < 4.78 is 28.2. The van der Waals surface area contributed by atoms with Gasteiger partial charge in [-0.1, -0.05) is 0 Å². The molecule has 1 N–H and O–H groups in total. The number of rotatable bonds is 1. The standard InChI is InChI=1S/C12H20O6/c1-11(2)14-5-6(16-11)7-8-9(10(13)15-7)18-12(3,4)17-8/h6-10,13H,5H2,1-4H3/t6?,7-,8?,9-,10?/m0/s1. The van der Waals surface area contributed by atoms with E-state index in [9.17, 15) is 5.11 Å². The SMILES string of the molecule is CC1(C)OCC([C@@H]2OC(O)[C@H]3OC(C)(C)OC32)O1. The second kappa shape index (κ2) is 3.88. The largest absolute Gasteiger partial charge is 0.366 e. The Morgan fingerprint density at radius 1 is 0.889 bits per heavy atom. The summed E-state index contributed by atoms with van der Waals surface area (Å²) in [5, 5.41) is 9.87. The third-order valence-electron chi connectivity index (χ3n) is 3.46. The van der Waals surface area contributed by atoms with Gasteiger partial charge in [0.2, 0.25) is 0 Å². The maximum absolute atomic E-state index is 9.87. The van der Waals surface area contributed by atoms with Crippen LogP contribution >= 0.6 is 0 Å². The van der Waals surface area contributed by atoms with E-state index in [-0.39, 0.29) is 18.3 Å². The molecule has 104 valence electrons. The molecule has 0 aliphatic carbocycles. The molecule has 0 saturated carbocycles. The number of aliphatic hydroxyl groups is 1. The maximum atomic E-state index is 9.87. The molecule has 3 fully saturated rings. The topological polar surface area (TPSA) is 66.4 Å². The summed E-state index contributed by atoms with van der Waals surface area (Å²) >= 11 is 0. The first-order valence-corrected chi connectivity index (χ1v) is 6.28. The number of aliphatic hydroxyl groups excluding tert-OH is 1. The van der Waals surface area contributed by atoms with Crippen LogP contribution in [0.3, 0.4) is 0 Å². The summed E-state index contributed by atoms with van der Waals surface area (Å²) in [4.78, 5) is 0. The van der Waals surface area contributed by atoms with Crippen molar-refractivity contribution in [3.63, 3.8) is 0 Å². The highest BCUT2D eigenvalue weighted by atomic mass is 16.8. The van der Waals surface area contributed by atoms with E-state index < -0.39 is 24.0 Å². The average Bonchev–Trinajstić information content (AvgIpc) is 2.81. The molecule has 3 aliphatic rings. The van der Waals surface area contributed by atoms with Crippen molar-refractivity contribution in [2.45, 2.75) is 70.0 Å². The van der Waals surface area contributed by atoms with E-state index >= 15 is 0 Å². The van der Waals surface area contributed by atoms with Crippen molar-refractivity contribution in [3.05, 3.63) is 0 Å². The molecule has 3 saturated heterocycles. The first-order valence-electron chi connectivity index (χ1n) is 6.28. The van der Waals surface area contributed by atoms with Gasteiger partial charge in [-0.25, -0.2) is 0 Å². The fourth-order valence-electron chi connectivity index (χ4n) is 2.78. The Kier molecular flexibility index (Phi) is 2.75. The normalized spacial score (nSPS) is 49.5. The molecule has 6 nitrogen and oxygen atoms in total. The minimum atomic E-state index is -0.978. The molecule has 3 aliphatic heterocycles. The smallest absolute Gasteiger partial charge is 0.184 e. The molecule has 0 aromatic carbocycles. The molecule has 3 rings (SSSR count). The summed E-state index contributed by atoms with van der Waals surface area (Å²) in [6, 6.07) is 0. The fraction of sp³-hybridized carbons (Fsp3) is 1.00. The van der Waals surface area contributed by atoms with Gasteiger partial charge in [0.1, 0.15) is 24.4 Å². The minimum Gasteiger partial charge on any atom is -0.366 e. The van der Waals surface area contributed by atoms with E-state index in [1.165, 1.54) is 0 Å². The van der Waals surface area contributed by atoms with Crippen LogP contribution in [-0.4, -0.2) is 54.0 Å². The predicted molar refractivity (Wildman–Crippen MR) is 59.6 cm³/mol. The van der Waals surface area contributed by atoms with Gasteiger partial charge >= 0.3 is 0 Å². The van der Waals surface area contributed by atoms with Crippen molar-refractivity contribution in [2.24, 2.45) is 0 Å². The molecule has 0 aromatic heterocycles. The summed E-state index contributed by atoms with van der Waals surface area (Å²) in [6.07, 6.45) is -2.38. The van der Waals surface area contributed by atoms with Crippen molar-refractivity contribution in [1.29, 1.82) is 0 Å². The maximum Gasteiger partial charge on any atom is 0.184 e. The van der Waals surface area contributed by atoms with E-state index in [0.717, 1.165) is 0 Å². The number of ether oxygens (including phenoxy) is 5. The van der Waals surface area contributed by atoms with Gasteiger partial charge in [0.05, 0.1) is 6.61 Å². The Morgan fingerprint density at radius 3 is 2.17 bits per heavy atom. The van der Waals surface area contributed by atoms with Crippen LogP contribution in [0.4, 0.5) is 0 Å². The van der Waals surface area contributed by atoms with Gasteiger partial charge < -0.3 is 28.8 Å². The molecule has 5 atom stereocenters. The molecular weight excluding hydrogens is 240 g/mol. The lowest BCUT2D eigenvalue weighted by atomic mass is 10.1. The third-order valence-corrected chi connectivity index (χ3v) is 3.46. The van der Waals surface area contributed by atoms with Gasteiger partial charge in [-0.2, -0.15) is 0 Å². The Labute approximate surface area is 106 Å². The van der Waals surface area contributed by atoms with Crippen molar-refractivity contribution < 1.29 is 28.8 Å². The zero-order valence-corrected chi connectivity index (χ0v) is 11.1. The minimum absolute atomic E-state index is 0.248. The van der Waals surface area contributed by atoms with Gasteiger partial charge in [-0.15, -0.1) is 0 Å². The lowest BCUT2D eigenvalue weighted by Crippen LogP contribution is -2.40. The summed E-state index contributed by atoms with van der Waals surface area (Å²) in [7, 11) is 0. The molecule has 6 heteroatoms. The summed E-state index contributed by atoms with van der Waals surface area (Å²) in [5.74, 6) is -1.32.